The molecule has 0 unspecified atom stereocenters. The van der Waals surface area contributed by atoms with E-state index >= 15 is 0 Å². The van der Waals surface area contributed by atoms with Gasteiger partial charge in [-0.3, -0.25) is 4.79 Å². The summed E-state index contributed by atoms with van der Waals surface area (Å²) in [5, 5.41) is 3.83. The Labute approximate surface area is 166 Å². The highest BCUT2D eigenvalue weighted by Gasteiger charge is 2.17. The average Bonchev–Trinajstić information content (AvgIpc) is 2.72. The monoisotopic (exact) mass is 410 g/mol. The van der Waals surface area contributed by atoms with Crippen LogP contribution in [0.1, 0.15) is 15.9 Å². The van der Waals surface area contributed by atoms with Crippen LogP contribution in [0.2, 0.25) is 0 Å². The van der Waals surface area contributed by atoms with Crippen molar-refractivity contribution >= 4 is 12.1 Å². The fourth-order valence-electron chi connectivity index (χ4n) is 2.40. The molecule has 0 aliphatic carbocycles. The van der Waals surface area contributed by atoms with Crippen LogP contribution in [-0.4, -0.2) is 47.2 Å². The minimum Gasteiger partial charge on any atom is -0.493 e. The second-order valence-corrected chi connectivity index (χ2v) is 5.40. The molecule has 0 radical (unpaired) electrons. The number of methoxy groups -OCH3 is 4. The first-order valence-electron chi connectivity index (χ1n) is 8.19. The van der Waals surface area contributed by atoms with Gasteiger partial charge in [-0.1, -0.05) is 0 Å². The summed E-state index contributed by atoms with van der Waals surface area (Å²) in [6.45, 7) is -3.00. The summed E-state index contributed by atoms with van der Waals surface area (Å²) in [6.07, 6.45) is 1.27. The summed E-state index contributed by atoms with van der Waals surface area (Å²) in [6, 6.07) is 7.24. The number of halogens is 2. The van der Waals surface area contributed by atoms with Crippen LogP contribution in [0, 0.1) is 0 Å². The highest BCUT2D eigenvalue weighted by Crippen LogP contribution is 2.38. The Kier molecular flexibility index (Phi) is 7.58. The summed E-state index contributed by atoms with van der Waals surface area (Å²) in [7, 11) is 5.64. The molecule has 1 amide bonds. The zero-order valence-electron chi connectivity index (χ0n) is 16.2. The molecule has 0 aliphatic rings. The van der Waals surface area contributed by atoms with Crippen molar-refractivity contribution in [3.05, 3.63) is 41.5 Å². The lowest BCUT2D eigenvalue weighted by Gasteiger charge is -2.13. The summed E-state index contributed by atoms with van der Waals surface area (Å²) >= 11 is 0. The first-order valence-corrected chi connectivity index (χ1v) is 8.19. The maximum atomic E-state index is 12.5. The van der Waals surface area contributed by atoms with Crippen molar-refractivity contribution in [3.8, 4) is 28.7 Å². The molecule has 29 heavy (non-hydrogen) atoms. The highest BCUT2D eigenvalue weighted by atomic mass is 19.3. The molecule has 0 spiro atoms. The molecule has 156 valence electrons. The Morgan fingerprint density at radius 3 is 2.07 bits per heavy atom. The molecular formula is C19H20F2N2O6. The number of carbonyl (C=O) groups is 1. The van der Waals surface area contributed by atoms with Crippen LogP contribution in [0.3, 0.4) is 0 Å². The van der Waals surface area contributed by atoms with E-state index in [2.05, 4.69) is 15.3 Å². The number of benzene rings is 2. The maximum Gasteiger partial charge on any atom is 0.387 e. The number of rotatable bonds is 9. The topological polar surface area (TPSA) is 87.6 Å². The van der Waals surface area contributed by atoms with E-state index in [-0.39, 0.29) is 17.1 Å². The van der Waals surface area contributed by atoms with Crippen LogP contribution in [0.15, 0.2) is 35.4 Å². The van der Waals surface area contributed by atoms with E-state index in [1.165, 1.54) is 58.9 Å². The maximum absolute atomic E-state index is 12.5. The van der Waals surface area contributed by atoms with E-state index in [0.29, 0.717) is 22.8 Å². The lowest BCUT2D eigenvalue weighted by atomic mass is 10.1. The van der Waals surface area contributed by atoms with Crippen molar-refractivity contribution in [3.63, 3.8) is 0 Å². The van der Waals surface area contributed by atoms with E-state index < -0.39 is 12.5 Å². The van der Waals surface area contributed by atoms with Crippen LogP contribution in [0.5, 0.6) is 28.7 Å². The fraction of sp³-hybridized carbons (Fsp3) is 0.263. The predicted octanol–water partition coefficient (Wildman–Crippen LogP) is 3.09. The van der Waals surface area contributed by atoms with E-state index in [1.54, 1.807) is 6.07 Å². The first kappa shape index (κ1) is 21.7. The number of ether oxygens (including phenoxy) is 5. The van der Waals surface area contributed by atoms with Gasteiger partial charge >= 0.3 is 6.61 Å². The van der Waals surface area contributed by atoms with Crippen LogP contribution < -0.4 is 29.1 Å². The Morgan fingerprint density at radius 2 is 1.55 bits per heavy atom. The molecule has 10 heteroatoms. The third kappa shape index (κ3) is 5.47. The second-order valence-electron chi connectivity index (χ2n) is 5.40. The lowest BCUT2D eigenvalue weighted by molar-refractivity contribution is -0.0512. The third-order valence-electron chi connectivity index (χ3n) is 3.71. The fourth-order valence-corrected chi connectivity index (χ4v) is 2.40. The largest absolute Gasteiger partial charge is 0.493 e. The summed E-state index contributed by atoms with van der Waals surface area (Å²) < 4.78 is 49.9. The number of carbonyl (C=O) groups excluding carboxylic acids is 1. The molecule has 2 aromatic rings. The molecule has 0 atom stereocenters. The van der Waals surface area contributed by atoms with Gasteiger partial charge in [0.15, 0.2) is 23.0 Å². The Balaban J connectivity index is 2.17. The van der Waals surface area contributed by atoms with Crippen molar-refractivity contribution in [2.75, 3.05) is 28.4 Å². The normalized spacial score (nSPS) is 10.7. The van der Waals surface area contributed by atoms with Crippen LogP contribution in [0.4, 0.5) is 8.78 Å². The van der Waals surface area contributed by atoms with Crippen molar-refractivity contribution in [2.45, 2.75) is 6.61 Å². The number of alkyl halides is 2. The van der Waals surface area contributed by atoms with Crippen LogP contribution in [-0.2, 0) is 0 Å². The molecule has 8 nitrogen and oxygen atoms in total. The van der Waals surface area contributed by atoms with E-state index in [0.717, 1.165) is 0 Å². The lowest BCUT2D eigenvalue weighted by Crippen LogP contribution is -2.18. The zero-order chi connectivity index (χ0) is 21.4. The quantitative estimate of drug-likeness (QED) is 0.505. The van der Waals surface area contributed by atoms with Gasteiger partial charge in [0.25, 0.3) is 5.91 Å². The first-order chi connectivity index (χ1) is 13.9. The van der Waals surface area contributed by atoms with Gasteiger partial charge in [0.05, 0.1) is 34.7 Å². The smallest absolute Gasteiger partial charge is 0.387 e. The molecule has 0 heterocycles. The third-order valence-corrected chi connectivity index (χ3v) is 3.71. The van der Waals surface area contributed by atoms with Gasteiger partial charge in [0.1, 0.15) is 0 Å². The molecule has 0 saturated carbocycles. The number of hydrazone groups is 1. The molecule has 0 aromatic heterocycles. The van der Waals surface area contributed by atoms with Gasteiger partial charge in [-0.25, -0.2) is 5.43 Å². The van der Waals surface area contributed by atoms with Crippen molar-refractivity contribution < 1.29 is 37.3 Å². The standard InChI is InChI=1S/C19H20F2N2O6/c1-25-13-6-5-11(7-14(13)29-19(20)21)10-22-23-18(24)12-8-15(26-2)17(28-4)16(9-12)27-3/h5-10,19H,1-4H3,(H,23,24)/b22-10-. The SMILES string of the molecule is COc1ccc(/C=N\NC(=O)c2cc(OC)c(OC)c(OC)c2)cc1OC(F)F. The number of nitrogens with one attached hydrogen (secondary N) is 1. The number of nitrogens with zero attached hydrogens (tertiary/aromatic N) is 1. The zero-order valence-corrected chi connectivity index (χ0v) is 16.2. The van der Waals surface area contributed by atoms with Gasteiger partial charge in [0.2, 0.25) is 5.75 Å². The highest BCUT2D eigenvalue weighted by molar-refractivity contribution is 5.96. The molecule has 1 N–H and O–H groups in total. The molecule has 0 fully saturated rings. The average molecular weight is 410 g/mol. The molecule has 2 rings (SSSR count). The summed E-state index contributed by atoms with van der Waals surface area (Å²) in [5.74, 6) is 0.416. The molecular weight excluding hydrogens is 390 g/mol. The van der Waals surface area contributed by atoms with Gasteiger partial charge < -0.3 is 23.7 Å². The summed E-state index contributed by atoms with van der Waals surface area (Å²) in [5.41, 5.74) is 2.96. The number of amides is 1. The van der Waals surface area contributed by atoms with E-state index in [4.69, 9.17) is 18.9 Å². The minimum absolute atomic E-state index is 0.143. The van der Waals surface area contributed by atoms with Crippen molar-refractivity contribution in [1.82, 2.24) is 5.43 Å². The van der Waals surface area contributed by atoms with Crippen LogP contribution >= 0.6 is 0 Å². The summed E-state index contributed by atoms with van der Waals surface area (Å²) in [4.78, 5) is 12.4. The molecule has 0 saturated heterocycles. The van der Waals surface area contributed by atoms with Gasteiger partial charge in [-0.15, -0.1) is 0 Å². The predicted molar refractivity (Wildman–Crippen MR) is 101 cm³/mol. The second kappa shape index (κ2) is 10.1. The number of hydrogen-bond donors (Lipinski definition) is 1. The van der Waals surface area contributed by atoms with Crippen molar-refractivity contribution in [1.29, 1.82) is 0 Å². The Hall–Kier alpha value is -3.56. The van der Waals surface area contributed by atoms with E-state index in [1.807, 2.05) is 0 Å². The molecule has 2 aromatic carbocycles. The Bertz CT molecular complexity index is 864. The molecule has 0 bridgehead atoms. The minimum atomic E-state index is -3.00. The van der Waals surface area contributed by atoms with Gasteiger partial charge in [-0.05, 0) is 35.9 Å². The van der Waals surface area contributed by atoms with Crippen LogP contribution in [0.25, 0.3) is 0 Å². The Morgan fingerprint density at radius 1 is 0.931 bits per heavy atom. The van der Waals surface area contributed by atoms with Gasteiger partial charge in [-0.2, -0.15) is 13.9 Å². The van der Waals surface area contributed by atoms with Gasteiger partial charge in [0, 0.05) is 5.56 Å². The molecule has 0 aliphatic heterocycles. The van der Waals surface area contributed by atoms with E-state index in [9.17, 15) is 13.6 Å². The number of hydrogen-bond acceptors (Lipinski definition) is 7. The van der Waals surface area contributed by atoms with Crippen molar-refractivity contribution in [2.24, 2.45) is 5.10 Å².